The molecule has 1 aromatic carbocycles. The number of anilines is 1. The first-order chi connectivity index (χ1) is 10.6. The molecule has 1 aliphatic heterocycles. The molecule has 0 radical (unpaired) electrons. The molecule has 6 nitrogen and oxygen atoms in total. The van der Waals surface area contributed by atoms with Crippen LogP contribution in [0.25, 0.3) is 0 Å². The molecule has 1 aromatic rings. The van der Waals surface area contributed by atoms with Gasteiger partial charge in [-0.05, 0) is 30.2 Å². The summed E-state index contributed by atoms with van der Waals surface area (Å²) >= 11 is 0. The number of benzene rings is 1. The van der Waals surface area contributed by atoms with Gasteiger partial charge in [0.1, 0.15) is 12.4 Å². The van der Waals surface area contributed by atoms with Crippen molar-refractivity contribution in [3.63, 3.8) is 0 Å². The fraction of sp³-hybridized carbons (Fsp3) is 0.500. The molecule has 22 heavy (non-hydrogen) atoms. The molecule has 120 valence electrons. The van der Waals surface area contributed by atoms with Crippen molar-refractivity contribution in [3.05, 3.63) is 23.8 Å². The summed E-state index contributed by atoms with van der Waals surface area (Å²) in [6.45, 7) is 3.15. The Morgan fingerprint density at radius 2 is 2.23 bits per heavy atom. The van der Waals surface area contributed by atoms with Crippen molar-refractivity contribution < 1.29 is 19.1 Å². The Balaban J connectivity index is 2.00. The van der Waals surface area contributed by atoms with E-state index in [0.29, 0.717) is 32.6 Å². The predicted molar refractivity (Wildman–Crippen MR) is 82.9 cm³/mol. The minimum atomic E-state index is -0.221. The number of hydrogen-bond donors (Lipinski definition) is 2. The lowest BCUT2D eigenvalue weighted by Gasteiger charge is -2.25. The summed E-state index contributed by atoms with van der Waals surface area (Å²) < 4.78 is 10.6. The fourth-order valence-corrected chi connectivity index (χ4v) is 2.31. The Kier molecular flexibility index (Phi) is 5.77. The molecule has 0 saturated carbocycles. The third-order valence-electron chi connectivity index (χ3n) is 3.55. The molecule has 1 heterocycles. The SMILES string of the molecule is CCC(=O)Nc1ccc2c(c1)C[C@@H](C(=O)NCCOC)CO2. The van der Waals surface area contributed by atoms with Gasteiger partial charge in [-0.2, -0.15) is 0 Å². The topological polar surface area (TPSA) is 76.7 Å². The van der Waals surface area contributed by atoms with Crippen molar-refractivity contribution >= 4 is 17.5 Å². The van der Waals surface area contributed by atoms with E-state index in [0.717, 1.165) is 17.0 Å². The fourth-order valence-electron chi connectivity index (χ4n) is 2.31. The second-order valence-corrected chi connectivity index (χ2v) is 5.22. The molecule has 2 rings (SSSR count). The summed E-state index contributed by atoms with van der Waals surface area (Å²) in [6, 6.07) is 5.52. The van der Waals surface area contributed by atoms with Gasteiger partial charge in [0.05, 0.1) is 12.5 Å². The quantitative estimate of drug-likeness (QED) is 0.778. The summed E-state index contributed by atoms with van der Waals surface area (Å²) in [4.78, 5) is 23.5. The van der Waals surface area contributed by atoms with Gasteiger partial charge >= 0.3 is 0 Å². The van der Waals surface area contributed by atoms with Crippen molar-refractivity contribution in [1.29, 1.82) is 0 Å². The molecule has 1 aliphatic rings. The highest BCUT2D eigenvalue weighted by molar-refractivity contribution is 5.90. The number of fused-ring (bicyclic) bond motifs is 1. The van der Waals surface area contributed by atoms with E-state index in [1.54, 1.807) is 14.0 Å². The van der Waals surface area contributed by atoms with Crippen LogP contribution in [0, 0.1) is 5.92 Å². The number of hydrogen-bond acceptors (Lipinski definition) is 4. The Hall–Kier alpha value is -2.08. The van der Waals surface area contributed by atoms with Crippen molar-refractivity contribution in [3.8, 4) is 5.75 Å². The van der Waals surface area contributed by atoms with E-state index in [1.165, 1.54) is 0 Å². The van der Waals surface area contributed by atoms with E-state index in [1.807, 2.05) is 18.2 Å². The van der Waals surface area contributed by atoms with Crippen molar-refractivity contribution in [1.82, 2.24) is 5.32 Å². The second kappa shape index (κ2) is 7.79. The highest BCUT2D eigenvalue weighted by atomic mass is 16.5. The lowest BCUT2D eigenvalue weighted by atomic mass is 9.95. The third kappa shape index (κ3) is 4.21. The van der Waals surface area contributed by atoms with Crippen LogP contribution < -0.4 is 15.4 Å². The molecule has 1 atom stereocenters. The largest absolute Gasteiger partial charge is 0.492 e. The molecule has 6 heteroatoms. The summed E-state index contributed by atoms with van der Waals surface area (Å²) in [5, 5.41) is 5.64. The number of methoxy groups -OCH3 is 1. The average Bonchev–Trinajstić information content (AvgIpc) is 2.54. The van der Waals surface area contributed by atoms with Gasteiger partial charge in [0.25, 0.3) is 0 Å². The van der Waals surface area contributed by atoms with E-state index in [9.17, 15) is 9.59 Å². The van der Waals surface area contributed by atoms with Gasteiger partial charge in [0, 0.05) is 25.8 Å². The number of ether oxygens (including phenoxy) is 2. The zero-order valence-corrected chi connectivity index (χ0v) is 13.0. The van der Waals surface area contributed by atoms with Gasteiger partial charge in [0.15, 0.2) is 0 Å². The molecule has 2 amide bonds. The number of carbonyl (C=O) groups excluding carboxylic acids is 2. The third-order valence-corrected chi connectivity index (χ3v) is 3.55. The van der Waals surface area contributed by atoms with Crippen LogP contribution in [0.5, 0.6) is 5.75 Å². The van der Waals surface area contributed by atoms with Gasteiger partial charge in [-0.3, -0.25) is 9.59 Å². The maximum absolute atomic E-state index is 12.1. The van der Waals surface area contributed by atoms with Crippen LogP contribution in [0.4, 0.5) is 5.69 Å². The highest BCUT2D eigenvalue weighted by Gasteiger charge is 2.26. The molecule has 0 saturated heterocycles. The zero-order valence-electron chi connectivity index (χ0n) is 13.0. The summed E-state index contributed by atoms with van der Waals surface area (Å²) in [7, 11) is 1.60. The molecule has 0 bridgehead atoms. The normalized spacial score (nSPS) is 16.4. The standard InChI is InChI=1S/C16H22N2O4/c1-3-15(19)18-13-4-5-14-11(9-13)8-12(10-22-14)16(20)17-6-7-21-2/h4-5,9,12H,3,6-8,10H2,1-2H3,(H,17,20)(H,18,19)/t12-/m1/s1. The van der Waals surface area contributed by atoms with Crippen LogP contribution in [-0.4, -0.2) is 38.7 Å². The average molecular weight is 306 g/mol. The first-order valence-electron chi connectivity index (χ1n) is 7.46. The van der Waals surface area contributed by atoms with Crippen molar-refractivity contribution in [2.45, 2.75) is 19.8 Å². The van der Waals surface area contributed by atoms with E-state index < -0.39 is 0 Å². The highest BCUT2D eigenvalue weighted by Crippen LogP contribution is 2.30. The predicted octanol–water partition coefficient (Wildman–Crippen LogP) is 1.35. The molecule has 0 fully saturated rings. The van der Waals surface area contributed by atoms with Crippen LogP contribution in [0.15, 0.2) is 18.2 Å². The molecular formula is C16H22N2O4. The molecule has 0 aliphatic carbocycles. The van der Waals surface area contributed by atoms with Gasteiger partial charge in [-0.25, -0.2) is 0 Å². The van der Waals surface area contributed by atoms with Crippen LogP contribution >= 0.6 is 0 Å². The second-order valence-electron chi connectivity index (χ2n) is 5.22. The van der Waals surface area contributed by atoms with Gasteiger partial charge in [-0.15, -0.1) is 0 Å². The Bertz CT molecular complexity index is 545. The number of carbonyl (C=O) groups is 2. The number of nitrogens with one attached hydrogen (secondary N) is 2. The van der Waals surface area contributed by atoms with Crippen LogP contribution in [0.3, 0.4) is 0 Å². The van der Waals surface area contributed by atoms with E-state index in [2.05, 4.69) is 10.6 Å². The van der Waals surface area contributed by atoms with E-state index >= 15 is 0 Å². The minimum absolute atomic E-state index is 0.0364. The summed E-state index contributed by atoms with van der Waals surface area (Å²) in [6.07, 6.45) is 1.03. The van der Waals surface area contributed by atoms with E-state index in [4.69, 9.17) is 9.47 Å². The van der Waals surface area contributed by atoms with Crippen LogP contribution in [0.1, 0.15) is 18.9 Å². The van der Waals surface area contributed by atoms with Crippen LogP contribution in [0.2, 0.25) is 0 Å². The van der Waals surface area contributed by atoms with Crippen molar-refractivity contribution in [2.75, 3.05) is 32.2 Å². The monoisotopic (exact) mass is 306 g/mol. The number of rotatable bonds is 6. The first-order valence-corrected chi connectivity index (χ1v) is 7.46. The maximum atomic E-state index is 12.1. The minimum Gasteiger partial charge on any atom is -0.492 e. The van der Waals surface area contributed by atoms with Gasteiger partial charge < -0.3 is 20.1 Å². The lowest BCUT2D eigenvalue weighted by Crippen LogP contribution is -2.38. The summed E-state index contributed by atoms with van der Waals surface area (Å²) in [5.41, 5.74) is 1.67. The first kappa shape index (κ1) is 16.3. The molecule has 0 spiro atoms. The van der Waals surface area contributed by atoms with Crippen molar-refractivity contribution in [2.24, 2.45) is 5.92 Å². The Labute approximate surface area is 130 Å². The summed E-state index contributed by atoms with van der Waals surface area (Å²) in [5.74, 6) is 0.480. The maximum Gasteiger partial charge on any atom is 0.226 e. The molecular weight excluding hydrogens is 284 g/mol. The molecule has 0 aromatic heterocycles. The molecule has 2 N–H and O–H groups in total. The Morgan fingerprint density at radius 3 is 2.95 bits per heavy atom. The number of amides is 2. The Morgan fingerprint density at radius 1 is 1.41 bits per heavy atom. The van der Waals surface area contributed by atoms with Gasteiger partial charge in [-0.1, -0.05) is 6.92 Å². The molecule has 0 unspecified atom stereocenters. The zero-order chi connectivity index (χ0) is 15.9. The smallest absolute Gasteiger partial charge is 0.226 e. The van der Waals surface area contributed by atoms with Gasteiger partial charge in [0.2, 0.25) is 11.8 Å². The lowest BCUT2D eigenvalue weighted by molar-refractivity contribution is -0.126. The van der Waals surface area contributed by atoms with E-state index in [-0.39, 0.29) is 17.7 Å². The van der Waals surface area contributed by atoms with Crippen LogP contribution in [-0.2, 0) is 20.7 Å².